The van der Waals surface area contributed by atoms with E-state index in [1.807, 2.05) is 0 Å². The van der Waals surface area contributed by atoms with Crippen LogP contribution in [-0.2, 0) is 0 Å². The normalized spacial score (nSPS) is 20.8. The van der Waals surface area contributed by atoms with Crippen molar-refractivity contribution >= 4 is 0 Å². The van der Waals surface area contributed by atoms with Crippen molar-refractivity contribution in [3.8, 4) is 0 Å². The van der Waals surface area contributed by atoms with Crippen LogP contribution in [0.5, 0.6) is 0 Å². The first-order valence-electron chi connectivity index (χ1n) is 5.31. The van der Waals surface area contributed by atoms with Crippen molar-refractivity contribution in [2.45, 2.75) is 58.3 Å². The van der Waals surface area contributed by atoms with Gasteiger partial charge < -0.3 is 5.11 Å². The molecule has 0 saturated heterocycles. The van der Waals surface area contributed by atoms with Gasteiger partial charge in [-0.1, -0.05) is 58.3 Å². The molecule has 0 spiro atoms. The van der Waals surface area contributed by atoms with Crippen molar-refractivity contribution < 1.29 is 46.4 Å². The standard InChI is InChI=1S/C11H21O.Pr/c1-2-3-7-11(10-12)8-5-4-6-9-11;/h10,12H,2-9H2,1H3;/q-1;. The van der Waals surface area contributed by atoms with Gasteiger partial charge in [0.2, 0.25) is 0 Å². The molecule has 1 saturated carbocycles. The maximum absolute atomic E-state index is 9.24. The van der Waals surface area contributed by atoms with E-state index in [0.29, 0.717) is 0 Å². The summed E-state index contributed by atoms with van der Waals surface area (Å²) in [4.78, 5) is 0. The first-order chi connectivity index (χ1) is 5.83. The second kappa shape index (κ2) is 7.59. The molecule has 0 aromatic rings. The fraction of sp³-hybridized carbons (Fsp3) is 0.909. The second-order valence-electron chi connectivity index (χ2n) is 4.16. The Bertz CT molecular complexity index is 119. The van der Waals surface area contributed by atoms with Gasteiger partial charge in [-0.3, -0.25) is 0 Å². The first-order valence-corrected chi connectivity index (χ1v) is 5.31. The van der Waals surface area contributed by atoms with Crippen LogP contribution in [0.15, 0.2) is 0 Å². The molecule has 1 radical (unpaired) electrons. The fourth-order valence-electron chi connectivity index (χ4n) is 2.23. The van der Waals surface area contributed by atoms with Gasteiger partial charge in [0, 0.05) is 41.3 Å². The van der Waals surface area contributed by atoms with E-state index < -0.39 is 0 Å². The Kier molecular flexibility index (Phi) is 8.37. The van der Waals surface area contributed by atoms with Gasteiger partial charge in [-0.05, 0) is 0 Å². The summed E-state index contributed by atoms with van der Waals surface area (Å²) in [5, 5.41) is 9.24. The summed E-state index contributed by atoms with van der Waals surface area (Å²) in [5.41, 5.74) is 0.203. The number of rotatable bonds is 4. The van der Waals surface area contributed by atoms with Crippen molar-refractivity contribution in [2.24, 2.45) is 5.41 Å². The van der Waals surface area contributed by atoms with Crippen molar-refractivity contribution in [1.29, 1.82) is 0 Å². The summed E-state index contributed by atoms with van der Waals surface area (Å²) in [6.45, 7) is 3.70. The summed E-state index contributed by atoms with van der Waals surface area (Å²) in [6, 6.07) is 0. The van der Waals surface area contributed by atoms with Crippen LogP contribution in [0.4, 0.5) is 0 Å². The molecular weight excluding hydrogens is 289 g/mol. The van der Waals surface area contributed by atoms with Crippen molar-refractivity contribution in [3.05, 3.63) is 6.61 Å². The van der Waals surface area contributed by atoms with E-state index in [1.54, 1.807) is 0 Å². The molecule has 1 aliphatic rings. The van der Waals surface area contributed by atoms with Gasteiger partial charge in [0.15, 0.2) is 0 Å². The van der Waals surface area contributed by atoms with E-state index >= 15 is 0 Å². The Morgan fingerprint density at radius 3 is 2.31 bits per heavy atom. The second-order valence-corrected chi connectivity index (χ2v) is 4.16. The average Bonchev–Trinajstić information content (AvgIpc) is 2.16. The largest absolute Gasteiger partial charge is 0.565 e. The molecule has 1 fully saturated rings. The van der Waals surface area contributed by atoms with E-state index in [-0.39, 0.29) is 46.7 Å². The number of hydrogen-bond donors (Lipinski definition) is 1. The van der Waals surface area contributed by atoms with Gasteiger partial charge in [0.25, 0.3) is 0 Å². The van der Waals surface area contributed by atoms with Crippen molar-refractivity contribution in [1.82, 2.24) is 0 Å². The molecule has 0 aromatic heterocycles. The molecule has 0 heterocycles. The first kappa shape index (κ1) is 14.3. The molecule has 0 aliphatic heterocycles. The van der Waals surface area contributed by atoms with Crippen LogP contribution in [0.2, 0.25) is 0 Å². The Morgan fingerprint density at radius 1 is 1.23 bits per heavy atom. The zero-order chi connectivity index (χ0) is 8.86. The summed E-state index contributed by atoms with van der Waals surface area (Å²) >= 11 is 0. The smallest absolute Gasteiger partial charge is 0 e. The predicted molar refractivity (Wildman–Crippen MR) is 51.3 cm³/mol. The molecule has 0 unspecified atom stereocenters. The van der Waals surface area contributed by atoms with Crippen LogP contribution in [-0.4, -0.2) is 5.11 Å². The van der Waals surface area contributed by atoms with Crippen LogP contribution in [0.1, 0.15) is 58.3 Å². The van der Waals surface area contributed by atoms with E-state index in [4.69, 9.17) is 0 Å². The third-order valence-corrected chi connectivity index (χ3v) is 3.15. The third-order valence-electron chi connectivity index (χ3n) is 3.15. The molecule has 75 valence electrons. The minimum Gasteiger partial charge on any atom is -0.565 e. The summed E-state index contributed by atoms with van der Waals surface area (Å²) < 4.78 is 0. The summed E-state index contributed by atoms with van der Waals surface area (Å²) in [5.74, 6) is 0. The average molecular weight is 310 g/mol. The number of aliphatic hydroxyl groups excluding tert-OH is 1. The number of aliphatic hydroxyl groups is 1. The van der Waals surface area contributed by atoms with E-state index in [1.165, 1.54) is 58.0 Å². The molecule has 0 atom stereocenters. The summed E-state index contributed by atoms with van der Waals surface area (Å²) in [6.07, 6.45) is 10.1. The zero-order valence-electron chi connectivity index (χ0n) is 8.76. The van der Waals surface area contributed by atoms with Crippen LogP contribution in [0, 0.1) is 53.3 Å². The third kappa shape index (κ3) is 4.58. The topological polar surface area (TPSA) is 20.2 Å². The van der Waals surface area contributed by atoms with Crippen LogP contribution < -0.4 is 0 Å². The Hall–Kier alpha value is 1.32. The Labute approximate surface area is 116 Å². The van der Waals surface area contributed by atoms with Gasteiger partial charge >= 0.3 is 0 Å². The van der Waals surface area contributed by atoms with Crippen LogP contribution >= 0.6 is 0 Å². The van der Waals surface area contributed by atoms with E-state index in [2.05, 4.69) is 6.92 Å². The minimum atomic E-state index is 0. The molecule has 1 N–H and O–H groups in total. The van der Waals surface area contributed by atoms with Crippen molar-refractivity contribution in [3.63, 3.8) is 0 Å². The molecule has 2 heteroatoms. The van der Waals surface area contributed by atoms with Gasteiger partial charge in [-0.2, -0.15) is 0 Å². The number of unbranched alkanes of at least 4 members (excludes halogenated alkanes) is 1. The SMILES string of the molecule is CCCCC1([CH-]O)CCCCC1.[Pr]. The van der Waals surface area contributed by atoms with Gasteiger partial charge in [-0.15, -0.1) is 5.41 Å². The molecule has 0 bridgehead atoms. The molecule has 0 amide bonds. The molecular formula is C11H21OPr-. The predicted octanol–water partition coefficient (Wildman–Crippen LogP) is 3.66. The van der Waals surface area contributed by atoms with Crippen LogP contribution in [0.3, 0.4) is 0 Å². The van der Waals surface area contributed by atoms with E-state index in [0.717, 1.165) is 0 Å². The molecule has 13 heavy (non-hydrogen) atoms. The zero-order valence-corrected chi connectivity index (χ0v) is 12.5. The van der Waals surface area contributed by atoms with E-state index in [9.17, 15) is 5.11 Å². The molecule has 0 aromatic carbocycles. The summed E-state index contributed by atoms with van der Waals surface area (Å²) in [7, 11) is 0. The van der Waals surface area contributed by atoms with Crippen molar-refractivity contribution in [2.75, 3.05) is 0 Å². The quantitative estimate of drug-likeness (QED) is 0.786. The maximum atomic E-state index is 9.24. The fourth-order valence-corrected chi connectivity index (χ4v) is 2.23. The Morgan fingerprint density at radius 2 is 1.85 bits per heavy atom. The number of hydrogen-bond acceptors (Lipinski definition) is 1. The molecule has 1 rings (SSSR count). The Balaban J connectivity index is 0.00000144. The monoisotopic (exact) mass is 310 g/mol. The molecule has 1 aliphatic carbocycles. The molecule has 1 nitrogen and oxygen atoms in total. The van der Waals surface area contributed by atoms with Crippen LogP contribution in [0.25, 0.3) is 0 Å². The maximum Gasteiger partial charge on any atom is 0 e. The van der Waals surface area contributed by atoms with Gasteiger partial charge in [-0.25, -0.2) is 6.61 Å². The van der Waals surface area contributed by atoms with Gasteiger partial charge in [0.1, 0.15) is 0 Å². The minimum absolute atomic E-state index is 0. The van der Waals surface area contributed by atoms with Gasteiger partial charge in [0.05, 0.1) is 0 Å².